The summed E-state index contributed by atoms with van der Waals surface area (Å²) in [7, 11) is 1.63. The number of nitriles is 1. The highest BCUT2D eigenvalue weighted by atomic mass is 16.5. The Balaban J connectivity index is 1.80. The van der Waals surface area contributed by atoms with Gasteiger partial charge in [-0.2, -0.15) is 5.26 Å². The first-order valence-electron chi connectivity index (χ1n) is 6.99. The van der Waals surface area contributed by atoms with Crippen LogP contribution in [0.1, 0.15) is 28.8 Å². The van der Waals surface area contributed by atoms with Crippen LogP contribution in [0.25, 0.3) is 0 Å². The molecule has 3 rings (SSSR count). The average Bonchev–Trinajstić information content (AvgIpc) is 2.99. The van der Waals surface area contributed by atoms with Crippen molar-refractivity contribution in [3.63, 3.8) is 0 Å². The molecule has 0 unspecified atom stereocenters. The van der Waals surface area contributed by atoms with Gasteiger partial charge in [0.1, 0.15) is 24.0 Å². The molecule has 0 aliphatic heterocycles. The fourth-order valence-corrected chi connectivity index (χ4v) is 2.56. The van der Waals surface area contributed by atoms with E-state index < -0.39 is 0 Å². The molecule has 2 aromatic rings. The molecule has 0 N–H and O–H groups in total. The fourth-order valence-electron chi connectivity index (χ4n) is 2.56. The van der Waals surface area contributed by atoms with Crippen LogP contribution in [0.2, 0.25) is 0 Å². The Bertz CT molecular complexity index is 704. The molecule has 0 spiro atoms. The number of benzene rings is 1. The summed E-state index contributed by atoms with van der Waals surface area (Å²) in [4.78, 5) is 4.51. The molecular formula is C17H16N2O2. The SMILES string of the molecule is COc1cccc(COc2nc3c(cc2C#N)CCC3)c1. The second-order valence-electron chi connectivity index (χ2n) is 5.05. The summed E-state index contributed by atoms with van der Waals surface area (Å²) in [6, 6.07) is 11.8. The zero-order valence-electron chi connectivity index (χ0n) is 11.9. The van der Waals surface area contributed by atoms with E-state index in [4.69, 9.17) is 9.47 Å². The van der Waals surface area contributed by atoms with E-state index in [1.807, 2.05) is 30.3 Å². The minimum atomic E-state index is 0.373. The maximum absolute atomic E-state index is 9.24. The molecule has 4 nitrogen and oxygen atoms in total. The number of nitrogens with zero attached hydrogens (tertiary/aromatic N) is 2. The number of aromatic nitrogens is 1. The van der Waals surface area contributed by atoms with Crippen LogP contribution in [0.3, 0.4) is 0 Å². The second kappa shape index (κ2) is 5.84. The van der Waals surface area contributed by atoms with Crippen LogP contribution in [-0.4, -0.2) is 12.1 Å². The number of pyridine rings is 1. The average molecular weight is 280 g/mol. The van der Waals surface area contributed by atoms with Crippen molar-refractivity contribution in [2.75, 3.05) is 7.11 Å². The summed E-state index contributed by atoms with van der Waals surface area (Å²) in [5.41, 5.74) is 3.74. The molecule has 0 bridgehead atoms. The van der Waals surface area contributed by atoms with Crippen LogP contribution in [0, 0.1) is 11.3 Å². The lowest BCUT2D eigenvalue weighted by Crippen LogP contribution is -2.02. The lowest BCUT2D eigenvalue weighted by molar-refractivity contribution is 0.291. The number of aryl methyl sites for hydroxylation is 2. The zero-order chi connectivity index (χ0) is 14.7. The number of rotatable bonds is 4. The summed E-state index contributed by atoms with van der Waals surface area (Å²) in [5.74, 6) is 1.22. The number of hydrogen-bond acceptors (Lipinski definition) is 4. The molecule has 1 aromatic carbocycles. The largest absolute Gasteiger partial charge is 0.497 e. The maximum atomic E-state index is 9.24. The molecule has 1 aliphatic rings. The Morgan fingerprint density at radius 1 is 1.29 bits per heavy atom. The minimum Gasteiger partial charge on any atom is -0.497 e. The molecule has 1 aromatic heterocycles. The normalized spacial score (nSPS) is 12.6. The van der Waals surface area contributed by atoms with Gasteiger partial charge in [0.25, 0.3) is 0 Å². The quantitative estimate of drug-likeness (QED) is 0.863. The van der Waals surface area contributed by atoms with E-state index in [0.29, 0.717) is 18.1 Å². The molecule has 0 saturated carbocycles. The van der Waals surface area contributed by atoms with Gasteiger partial charge in [0.15, 0.2) is 0 Å². The predicted octanol–water partition coefficient (Wildman–Crippen LogP) is 3.03. The van der Waals surface area contributed by atoms with Crippen LogP contribution in [0.5, 0.6) is 11.6 Å². The van der Waals surface area contributed by atoms with Crippen molar-refractivity contribution in [2.24, 2.45) is 0 Å². The maximum Gasteiger partial charge on any atom is 0.232 e. The van der Waals surface area contributed by atoms with Gasteiger partial charge in [-0.3, -0.25) is 0 Å². The van der Waals surface area contributed by atoms with Crippen molar-refractivity contribution in [1.29, 1.82) is 5.26 Å². The predicted molar refractivity (Wildman–Crippen MR) is 78.3 cm³/mol. The molecule has 0 atom stereocenters. The van der Waals surface area contributed by atoms with Crippen LogP contribution in [0.15, 0.2) is 30.3 Å². The molecule has 1 heterocycles. The third-order valence-corrected chi connectivity index (χ3v) is 3.65. The third-order valence-electron chi connectivity index (χ3n) is 3.65. The van der Waals surface area contributed by atoms with E-state index in [1.165, 1.54) is 5.56 Å². The van der Waals surface area contributed by atoms with Gasteiger partial charge in [-0.1, -0.05) is 12.1 Å². The van der Waals surface area contributed by atoms with Gasteiger partial charge in [0.2, 0.25) is 5.88 Å². The van der Waals surface area contributed by atoms with Crippen molar-refractivity contribution in [3.05, 3.63) is 52.7 Å². The van der Waals surface area contributed by atoms with E-state index in [1.54, 1.807) is 7.11 Å². The Labute approximate surface area is 124 Å². The van der Waals surface area contributed by atoms with Crippen molar-refractivity contribution in [3.8, 4) is 17.7 Å². The number of fused-ring (bicyclic) bond motifs is 1. The molecular weight excluding hydrogens is 264 g/mol. The monoisotopic (exact) mass is 280 g/mol. The molecule has 0 saturated heterocycles. The highest BCUT2D eigenvalue weighted by molar-refractivity contribution is 5.44. The van der Waals surface area contributed by atoms with Crippen molar-refractivity contribution < 1.29 is 9.47 Å². The zero-order valence-corrected chi connectivity index (χ0v) is 11.9. The topological polar surface area (TPSA) is 55.1 Å². The third kappa shape index (κ3) is 2.82. The molecule has 21 heavy (non-hydrogen) atoms. The van der Waals surface area contributed by atoms with Crippen LogP contribution < -0.4 is 9.47 Å². The van der Waals surface area contributed by atoms with Crippen LogP contribution >= 0.6 is 0 Å². The summed E-state index contributed by atoms with van der Waals surface area (Å²) in [5, 5.41) is 9.24. The lowest BCUT2D eigenvalue weighted by atomic mass is 10.1. The van der Waals surface area contributed by atoms with Gasteiger partial charge >= 0.3 is 0 Å². The fraction of sp³-hybridized carbons (Fsp3) is 0.294. The van der Waals surface area contributed by atoms with E-state index >= 15 is 0 Å². The van der Waals surface area contributed by atoms with Crippen molar-refractivity contribution >= 4 is 0 Å². The highest BCUT2D eigenvalue weighted by Crippen LogP contribution is 2.26. The lowest BCUT2D eigenvalue weighted by Gasteiger charge is -2.10. The molecule has 0 amide bonds. The van der Waals surface area contributed by atoms with Crippen LogP contribution in [0.4, 0.5) is 0 Å². The van der Waals surface area contributed by atoms with Gasteiger partial charge in [0, 0.05) is 5.69 Å². The summed E-state index contributed by atoms with van der Waals surface area (Å²) >= 11 is 0. The van der Waals surface area contributed by atoms with Gasteiger partial charge in [-0.25, -0.2) is 4.98 Å². The summed E-state index contributed by atoms with van der Waals surface area (Å²) < 4.78 is 10.9. The molecule has 106 valence electrons. The molecule has 1 aliphatic carbocycles. The van der Waals surface area contributed by atoms with Gasteiger partial charge in [-0.15, -0.1) is 0 Å². The Morgan fingerprint density at radius 2 is 2.19 bits per heavy atom. The summed E-state index contributed by atoms with van der Waals surface area (Å²) in [6.45, 7) is 0.373. The minimum absolute atomic E-state index is 0.373. The number of ether oxygens (including phenoxy) is 2. The van der Waals surface area contributed by atoms with E-state index in [0.717, 1.165) is 36.3 Å². The summed E-state index contributed by atoms with van der Waals surface area (Å²) in [6.07, 6.45) is 3.08. The number of methoxy groups -OCH3 is 1. The van der Waals surface area contributed by atoms with Crippen molar-refractivity contribution in [2.45, 2.75) is 25.9 Å². The smallest absolute Gasteiger partial charge is 0.232 e. The van der Waals surface area contributed by atoms with E-state index in [2.05, 4.69) is 11.1 Å². The molecule has 4 heteroatoms. The first-order valence-corrected chi connectivity index (χ1v) is 6.99. The van der Waals surface area contributed by atoms with Crippen LogP contribution in [-0.2, 0) is 19.4 Å². The Kier molecular flexibility index (Phi) is 3.74. The first kappa shape index (κ1) is 13.4. The highest BCUT2D eigenvalue weighted by Gasteiger charge is 2.17. The van der Waals surface area contributed by atoms with Gasteiger partial charge in [-0.05, 0) is 48.6 Å². The molecule has 0 radical (unpaired) electrons. The number of hydrogen-bond donors (Lipinski definition) is 0. The van der Waals surface area contributed by atoms with E-state index in [-0.39, 0.29) is 0 Å². The van der Waals surface area contributed by atoms with Crippen molar-refractivity contribution in [1.82, 2.24) is 4.98 Å². The first-order chi connectivity index (χ1) is 10.3. The second-order valence-corrected chi connectivity index (χ2v) is 5.05. The Hall–Kier alpha value is -2.54. The van der Waals surface area contributed by atoms with Gasteiger partial charge < -0.3 is 9.47 Å². The van der Waals surface area contributed by atoms with E-state index in [9.17, 15) is 5.26 Å². The Morgan fingerprint density at radius 3 is 3.00 bits per heavy atom. The standard InChI is InChI=1S/C17H16N2O2/c1-20-15-6-2-4-12(8-15)11-21-17-14(10-18)9-13-5-3-7-16(13)19-17/h2,4,6,8-9H,3,5,7,11H2,1H3. The van der Waals surface area contributed by atoms with Gasteiger partial charge in [0.05, 0.1) is 7.11 Å². The molecule has 0 fully saturated rings.